The molecule has 1 aromatic heterocycles. The first-order chi connectivity index (χ1) is 14.0. The fourth-order valence-corrected chi connectivity index (χ4v) is 4.05. The summed E-state index contributed by atoms with van der Waals surface area (Å²) < 4.78 is 0. The highest BCUT2D eigenvalue weighted by Gasteiger charge is 2.36. The van der Waals surface area contributed by atoms with Gasteiger partial charge in [-0.2, -0.15) is 5.26 Å². The second kappa shape index (κ2) is 7.80. The van der Waals surface area contributed by atoms with Crippen molar-refractivity contribution >= 4 is 17.5 Å². The van der Waals surface area contributed by atoms with Crippen molar-refractivity contribution in [1.82, 2.24) is 14.9 Å². The molecule has 0 bridgehead atoms. The summed E-state index contributed by atoms with van der Waals surface area (Å²) in [6.07, 6.45) is 4.09. The van der Waals surface area contributed by atoms with Crippen LogP contribution in [0.1, 0.15) is 25.8 Å². The van der Waals surface area contributed by atoms with Gasteiger partial charge in [0.1, 0.15) is 0 Å². The zero-order chi connectivity index (χ0) is 20.4. The molecule has 0 spiro atoms. The Bertz CT molecular complexity index is 897. The Labute approximate surface area is 171 Å². The molecule has 0 radical (unpaired) electrons. The molecule has 2 saturated heterocycles. The lowest BCUT2D eigenvalue weighted by Crippen LogP contribution is -2.51. The summed E-state index contributed by atoms with van der Waals surface area (Å²) >= 11 is 0. The number of carbonyl (C=O) groups is 1. The average molecular weight is 390 g/mol. The Hall–Kier alpha value is -2.98. The fourth-order valence-electron chi connectivity index (χ4n) is 4.05. The maximum absolute atomic E-state index is 12.7. The summed E-state index contributed by atoms with van der Waals surface area (Å²) in [5.74, 6) is 0.938. The van der Waals surface area contributed by atoms with Gasteiger partial charge in [0, 0.05) is 63.3 Å². The van der Waals surface area contributed by atoms with E-state index < -0.39 is 5.41 Å². The fraction of sp³-hybridized carbons (Fsp3) is 0.455. The van der Waals surface area contributed by atoms with Crippen molar-refractivity contribution in [2.45, 2.75) is 31.7 Å². The number of hydrogen-bond acceptors (Lipinski definition) is 6. The minimum absolute atomic E-state index is 0.163. The molecule has 2 aromatic rings. The van der Waals surface area contributed by atoms with Crippen molar-refractivity contribution in [2.75, 3.05) is 42.5 Å². The van der Waals surface area contributed by atoms with Crippen molar-refractivity contribution < 1.29 is 4.79 Å². The molecule has 0 aliphatic carbocycles. The Kier molecular flexibility index (Phi) is 5.20. The molecule has 0 N–H and O–H groups in total. The third-order valence-electron chi connectivity index (χ3n) is 5.95. The molecular formula is C22H26N6O. The van der Waals surface area contributed by atoms with Crippen LogP contribution in [0.5, 0.6) is 0 Å². The highest BCUT2D eigenvalue weighted by Crippen LogP contribution is 2.28. The number of benzene rings is 1. The van der Waals surface area contributed by atoms with E-state index in [4.69, 9.17) is 0 Å². The number of amides is 1. The smallest absolute Gasteiger partial charge is 0.228 e. The Morgan fingerprint density at radius 1 is 1.07 bits per heavy atom. The molecule has 7 nitrogen and oxygen atoms in total. The molecule has 1 amide bonds. The van der Waals surface area contributed by atoms with Gasteiger partial charge in [-0.3, -0.25) is 9.69 Å². The number of carbonyl (C=O) groups excluding carboxylic acids is 1. The summed E-state index contributed by atoms with van der Waals surface area (Å²) in [5, 5.41) is 9.31. The molecule has 2 fully saturated rings. The van der Waals surface area contributed by atoms with Crippen LogP contribution in [0.3, 0.4) is 0 Å². The van der Waals surface area contributed by atoms with Crippen LogP contribution in [-0.4, -0.2) is 59.5 Å². The third-order valence-corrected chi connectivity index (χ3v) is 5.95. The third kappa shape index (κ3) is 3.94. The zero-order valence-corrected chi connectivity index (χ0v) is 17.0. The van der Waals surface area contributed by atoms with Gasteiger partial charge in [0.25, 0.3) is 0 Å². The maximum Gasteiger partial charge on any atom is 0.228 e. The van der Waals surface area contributed by atoms with Crippen molar-refractivity contribution in [3.8, 4) is 6.07 Å². The van der Waals surface area contributed by atoms with E-state index >= 15 is 0 Å². The predicted octanol–water partition coefficient (Wildman–Crippen LogP) is 2.21. The number of nitriles is 1. The lowest BCUT2D eigenvalue weighted by molar-refractivity contribution is -0.117. The molecule has 3 heterocycles. The molecule has 7 heteroatoms. The van der Waals surface area contributed by atoms with Crippen molar-refractivity contribution in [2.24, 2.45) is 0 Å². The summed E-state index contributed by atoms with van der Waals surface area (Å²) in [4.78, 5) is 27.8. The van der Waals surface area contributed by atoms with E-state index in [1.807, 2.05) is 49.1 Å². The van der Waals surface area contributed by atoms with Crippen LogP contribution >= 0.6 is 0 Å². The van der Waals surface area contributed by atoms with E-state index in [2.05, 4.69) is 25.8 Å². The molecule has 0 saturated carbocycles. The van der Waals surface area contributed by atoms with E-state index in [1.54, 1.807) is 12.4 Å². The maximum atomic E-state index is 12.7. The van der Waals surface area contributed by atoms with Gasteiger partial charge in [-0.15, -0.1) is 0 Å². The summed E-state index contributed by atoms with van der Waals surface area (Å²) in [6, 6.07) is 12.2. The zero-order valence-electron chi connectivity index (χ0n) is 17.0. The number of rotatable bonds is 4. The number of aromatic nitrogens is 2. The summed E-state index contributed by atoms with van der Waals surface area (Å²) in [6.45, 7) is 8.05. The number of nitrogens with zero attached hydrogens (tertiary/aromatic N) is 6. The first kappa shape index (κ1) is 19.3. The van der Waals surface area contributed by atoms with Crippen LogP contribution < -0.4 is 9.80 Å². The van der Waals surface area contributed by atoms with E-state index in [-0.39, 0.29) is 11.9 Å². The molecule has 2 aliphatic rings. The topological polar surface area (TPSA) is 76.4 Å². The van der Waals surface area contributed by atoms with Gasteiger partial charge in [-0.05, 0) is 37.6 Å². The minimum Gasteiger partial charge on any atom is -0.338 e. The van der Waals surface area contributed by atoms with Crippen LogP contribution in [0.2, 0.25) is 0 Å². The molecular weight excluding hydrogens is 364 g/mol. The second-order valence-corrected chi connectivity index (χ2v) is 8.22. The Balaban J connectivity index is 1.38. The average Bonchev–Trinajstić information content (AvgIpc) is 3.16. The lowest BCUT2D eigenvalue weighted by Gasteiger charge is -2.37. The van der Waals surface area contributed by atoms with Crippen LogP contribution in [0.25, 0.3) is 0 Å². The molecule has 2 aliphatic heterocycles. The highest BCUT2D eigenvalue weighted by atomic mass is 16.2. The Morgan fingerprint density at radius 2 is 1.72 bits per heavy atom. The first-order valence-corrected chi connectivity index (χ1v) is 10.1. The molecule has 29 heavy (non-hydrogen) atoms. The number of anilines is 2. The van der Waals surface area contributed by atoms with Crippen molar-refractivity contribution in [1.29, 1.82) is 5.26 Å². The van der Waals surface area contributed by atoms with Crippen LogP contribution in [-0.2, 0) is 10.2 Å². The van der Waals surface area contributed by atoms with Gasteiger partial charge in [-0.1, -0.05) is 12.1 Å². The highest BCUT2D eigenvalue weighted by molar-refractivity contribution is 5.96. The van der Waals surface area contributed by atoms with Crippen molar-refractivity contribution in [3.05, 3.63) is 48.3 Å². The first-order valence-electron chi connectivity index (χ1n) is 10.1. The predicted molar refractivity (Wildman–Crippen MR) is 112 cm³/mol. The molecule has 4 rings (SSSR count). The van der Waals surface area contributed by atoms with Gasteiger partial charge in [0.05, 0.1) is 11.5 Å². The van der Waals surface area contributed by atoms with Gasteiger partial charge < -0.3 is 9.80 Å². The normalized spacial score (nSPS) is 20.7. The van der Waals surface area contributed by atoms with E-state index in [1.165, 1.54) is 0 Å². The summed E-state index contributed by atoms with van der Waals surface area (Å²) in [5.41, 5.74) is 1.34. The quantitative estimate of drug-likeness (QED) is 0.797. The molecule has 1 atom stereocenters. The van der Waals surface area contributed by atoms with Crippen LogP contribution in [0.4, 0.5) is 11.6 Å². The van der Waals surface area contributed by atoms with Crippen molar-refractivity contribution in [3.63, 3.8) is 0 Å². The van der Waals surface area contributed by atoms with E-state index in [0.717, 1.165) is 43.4 Å². The Morgan fingerprint density at radius 3 is 2.34 bits per heavy atom. The van der Waals surface area contributed by atoms with Gasteiger partial charge in [0.15, 0.2) is 0 Å². The summed E-state index contributed by atoms with van der Waals surface area (Å²) in [7, 11) is 0. The van der Waals surface area contributed by atoms with E-state index in [0.29, 0.717) is 13.0 Å². The van der Waals surface area contributed by atoms with Crippen LogP contribution in [0.15, 0.2) is 42.7 Å². The molecule has 1 aromatic carbocycles. The van der Waals surface area contributed by atoms with Crippen LogP contribution in [0, 0.1) is 11.3 Å². The number of piperazine rings is 1. The molecule has 150 valence electrons. The second-order valence-electron chi connectivity index (χ2n) is 8.22. The monoisotopic (exact) mass is 390 g/mol. The van der Waals surface area contributed by atoms with Gasteiger partial charge in [-0.25, -0.2) is 9.97 Å². The molecule has 1 unspecified atom stereocenters. The van der Waals surface area contributed by atoms with E-state index in [9.17, 15) is 10.1 Å². The van der Waals surface area contributed by atoms with Gasteiger partial charge in [0.2, 0.25) is 11.9 Å². The SMILES string of the molecule is CC(C)(C#N)c1ccc(N2CC(N3CCN(c4ncccn4)CC3)CC2=O)cc1. The number of hydrogen-bond donors (Lipinski definition) is 0. The largest absolute Gasteiger partial charge is 0.338 e. The standard InChI is InChI=1S/C22H26N6O/c1-22(2,16-23)17-4-6-18(7-5-17)28-15-19(14-20(28)29)26-10-12-27(13-11-26)21-24-8-3-9-25-21/h3-9,19H,10-15H2,1-2H3. The minimum atomic E-state index is -0.530. The van der Waals surface area contributed by atoms with Gasteiger partial charge >= 0.3 is 0 Å². The lowest BCUT2D eigenvalue weighted by atomic mass is 9.86.